The Morgan fingerprint density at radius 3 is 2.52 bits per heavy atom. The lowest BCUT2D eigenvalue weighted by atomic mass is 9.72. The normalized spacial score (nSPS) is 21.9. The van der Waals surface area contributed by atoms with Crippen molar-refractivity contribution in [3.63, 3.8) is 0 Å². The fourth-order valence-electron chi connectivity index (χ4n) is 4.25. The Hall–Kier alpha value is -2.21. The number of carbonyl (C=O) groups excluding carboxylic acids is 1. The van der Waals surface area contributed by atoms with Gasteiger partial charge in [-0.25, -0.2) is 0 Å². The van der Waals surface area contributed by atoms with Gasteiger partial charge >= 0.3 is 0 Å². The first kappa shape index (κ1) is 18.2. The zero-order valence-corrected chi connectivity index (χ0v) is 16.3. The smallest absolute Gasteiger partial charge is 0.253 e. The van der Waals surface area contributed by atoms with E-state index in [9.17, 15) is 4.79 Å². The summed E-state index contributed by atoms with van der Waals surface area (Å²) in [5.74, 6) is 1.67. The predicted octanol–water partition coefficient (Wildman–Crippen LogP) is 3.54. The number of amides is 1. The topological polar surface area (TPSA) is 68.5 Å². The number of hydrogen-bond donors (Lipinski definition) is 0. The maximum atomic E-state index is 13.1. The number of aromatic nitrogens is 2. The second-order valence-corrected chi connectivity index (χ2v) is 8.21. The van der Waals surface area contributed by atoms with E-state index in [0.29, 0.717) is 38.1 Å². The molecule has 0 saturated carbocycles. The van der Waals surface area contributed by atoms with Crippen LogP contribution in [0.4, 0.5) is 0 Å². The van der Waals surface area contributed by atoms with Crippen molar-refractivity contribution in [3.05, 3.63) is 47.2 Å². The quantitative estimate of drug-likeness (QED) is 0.828. The van der Waals surface area contributed by atoms with E-state index in [-0.39, 0.29) is 23.2 Å². The molecule has 2 aliphatic rings. The summed E-state index contributed by atoms with van der Waals surface area (Å²) in [5.41, 5.74) is 1.84. The summed E-state index contributed by atoms with van der Waals surface area (Å²) in [5, 5.41) is 8.58. The molecule has 1 spiro atoms. The van der Waals surface area contributed by atoms with Gasteiger partial charge in [-0.2, -0.15) is 0 Å². The van der Waals surface area contributed by atoms with Gasteiger partial charge in [0, 0.05) is 43.2 Å². The molecule has 2 aromatic rings. The van der Waals surface area contributed by atoms with Crippen molar-refractivity contribution < 1.29 is 13.9 Å². The summed E-state index contributed by atoms with van der Waals surface area (Å²) in [6, 6.07) is 7.78. The highest BCUT2D eigenvalue weighted by Gasteiger charge is 2.51. The molecule has 144 valence electrons. The van der Waals surface area contributed by atoms with Gasteiger partial charge in [-0.05, 0) is 31.9 Å². The molecule has 1 unspecified atom stereocenters. The van der Waals surface area contributed by atoms with Crippen molar-refractivity contribution in [3.8, 4) is 0 Å². The Bertz CT molecular complexity index is 806. The van der Waals surface area contributed by atoms with Crippen molar-refractivity contribution >= 4 is 5.91 Å². The summed E-state index contributed by atoms with van der Waals surface area (Å²) < 4.78 is 11.6. The lowest BCUT2D eigenvalue weighted by Gasteiger charge is -2.36. The Morgan fingerprint density at radius 2 is 1.89 bits per heavy atom. The minimum Gasteiger partial charge on any atom is -0.425 e. The van der Waals surface area contributed by atoms with Crippen molar-refractivity contribution in [2.45, 2.75) is 45.4 Å². The fourth-order valence-corrected chi connectivity index (χ4v) is 4.25. The third-order valence-electron chi connectivity index (χ3n) is 5.97. The molecule has 2 fully saturated rings. The molecule has 0 radical (unpaired) electrons. The molecular formula is C21H27N3O3. The second kappa shape index (κ2) is 7.08. The number of nitrogens with zero attached hydrogens (tertiary/aromatic N) is 3. The number of benzene rings is 1. The summed E-state index contributed by atoms with van der Waals surface area (Å²) >= 11 is 0. The first-order valence-electron chi connectivity index (χ1n) is 9.75. The first-order chi connectivity index (χ1) is 13.0. The maximum absolute atomic E-state index is 13.1. The van der Waals surface area contributed by atoms with Crippen LogP contribution in [0.15, 0.2) is 28.7 Å². The third-order valence-corrected chi connectivity index (χ3v) is 5.97. The van der Waals surface area contributed by atoms with E-state index < -0.39 is 0 Å². The van der Waals surface area contributed by atoms with Crippen molar-refractivity contribution in [1.82, 2.24) is 15.1 Å². The predicted molar refractivity (Wildman–Crippen MR) is 101 cm³/mol. The van der Waals surface area contributed by atoms with Gasteiger partial charge in [0.2, 0.25) is 11.8 Å². The molecular weight excluding hydrogens is 342 g/mol. The van der Waals surface area contributed by atoms with Gasteiger partial charge < -0.3 is 14.1 Å². The van der Waals surface area contributed by atoms with Crippen LogP contribution in [0.5, 0.6) is 0 Å². The molecule has 0 bridgehead atoms. The molecule has 6 nitrogen and oxygen atoms in total. The molecule has 1 aromatic heterocycles. The van der Waals surface area contributed by atoms with Gasteiger partial charge in [0.05, 0.1) is 5.92 Å². The molecule has 0 N–H and O–H groups in total. The van der Waals surface area contributed by atoms with E-state index in [2.05, 4.69) is 10.2 Å². The van der Waals surface area contributed by atoms with Crippen molar-refractivity contribution in [2.75, 3.05) is 26.3 Å². The van der Waals surface area contributed by atoms with Crippen LogP contribution in [0.3, 0.4) is 0 Å². The largest absolute Gasteiger partial charge is 0.425 e. The van der Waals surface area contributed by atoms with E-state index >= 15 is 0 Å². The average Bonchev–Trinajstić information content (AvgIpc) is 3.28. The van der Waals surface area contributed by atoms with Crippen molar-refractivity contribution in [2.24, 2.45) is 5.41 Å². The fraction of sp³-hybridized carbons (Fsp3) is 0.571. The van der Waals surface area contributed by atoms with Gasteiger partial charge in [0.15, 0.2) is 0 Å². The molecule has 4 rings (SSSR count). The maximum Gasteiger partial charge on any atom is 0.253 e. The zero-order chi connectivity index (χ0) is 19.0. The van der Waals surface area contributed by atoms with Crippen LogP contribution in [-0.4, -0.2) is 47.3 Å². The van der Waals surface area contributed by atoms with Gasteiger partial charge in [0.1, 0.15) is 0 Å². The van der Waals surface area contributed by atoms with Gasteiger partial charge in [0.25, 0.3) is 5.91 Å². The average molecular weight is 369 g/mol. The Kier molecular flexibility index (Phi) is 4.76. The SMILES string of the molecule is Cc1ccc(C(=O)N2CC(c3nnc(C(C)C)o3)C3(CCOCC3)C2)cc1. The summed E-state index contributed by atoms with van der Waals surface area (Å²) in [6.07, 6.45) is 1.82. The molecule has 1 amide bonds. The van der Waals surface area contributed by atoms with Crippen LogP contribution in [-0.2, 0) is 4.74 Å². The molecule has 2 saturated heterocycles. The number of carbonyl (C=O) groups is 1. The highest BCUT2D eigenvalue weighted by Crippen LogP contribution is 2.49. The standard InChI is InChI=1S/C21H27N3O3/c1-14(2)18-22-23-19(27-18)17-12-24(13-21(17)8-10-26-11-9-21)20(25)16-6-4-15(3)5-7-16/h4-7,14,17H,8-13H2,1-3H3. The molecule has 3 heterocycles. The number of rotatable bonds is 3. The number of aryl methyl sites for hydroxylation is 1. The van der Waals surface area contributed by atoms with Gasteiger partial charge in [-0.1, -0.05) is 31.5 Å². The molecule has 27 heavy (non-hydrogen) atoms. The third kappa shape index (κ3) is 3.38. The van der Waals surface area contributed by atoms with E-state index in [4.69, 9.17) is 9.15 Å². The summed E-state index contributed by atoms with van der Waals surface area (Å²) in [4.78, 5) is 15.1. The highest BCUT2D eigenvalue weighted by atomic mass is 16.5. The molecule has 1 atom stereocenters. The summed E-state index contributed by atoms with van der Waals surface area (Å²) in [7, 11) is 0. The van der Waals surface area contributed by atoms with Crippen LogP contribution in [0, 0.1) is 12.3 Å². The van der Waals surface area contributed by atoms with Crippen LogP contribution in [0.2, 0.25) is 0 Å². The molecule has 2 aliphatic heterocycles. The Morgan fingerprint density at radius 1 is 1.19 bits per heavy atom. The van der Waals surface area contributed by atoms with Gasteiger partial charge in [-0.15, -0.1) is 10.2 Å². The minimum absolute atomic E-state index is 0.0423. The Balaban J connectivity index is 1.62. The van der Waals surface area contributed by atoms with Crippen LogP contribution in [0.25, 0.3) is 0 Å². The minimum atomic E-state index is -0.0423. The number of likely N-dealkylation sites (tertiary alicyclic amines) is 1. The molecule has 6 heteroatoms. The van der Waals surface area contributed by atoms with Crippen LogP contribution >= 0.6 is 0 Å². The number of hydrogen-bond acceptors (Lipinski definition) is 5. The monoisotopic (exact) mass is 369 g/mol. The Labute approximate surface area is 159 Å². The highest BCUT2D eigenvalue weighted by molar-refractivity contribution is 5.94. The van der Waals surface area contributed by atoms with E-state index in [1.165, 1.54) is 0 Å². The zero-order valence-electron chi connectivity index (χ0n) is 16.3. The van der Waals surface area contributed by atoms with E-state index in [1.54, 1.807) is 0 Å². The number of ether oxygens (including phenoxy) is 1. The van der Waals surface area contributed by atoms with E-state index in [1.807, 2.05) is 49.9 Å². The van der Waals surface area contributed by atoms with Crippen molar-refractivity contribution in [1.29, 1.82) is 0 Å². The molecule has 0 aliphatic carbocycles. The first-order valence-corrected chi connectivity index (χ1v) is 9.75. The van der Waals surface area contributed by atoms with E-state index in [0.717, 1.165) is 24.0 Å². The van der Waals surface area contributed by atoms with Crippen LogP contribution < -0.4 is 0 Å². The summed E-state index contributed by atoms with van der Waals surface area (Å²) in [6.45, 7) is 8.88. The molecule has 1 aromatic carbocycles. The van der Waals surface area contributed by atoms with Gasteiger partial charge in [-0.3, -0.25) is 4.79 Å². The van der Waals surface area contributed by atoms with Crippen LogP contribution in [0.1, 0.15) is 66.2 Å². The second-order valence-electron chi connectivity index (χ2n) is 8.21. The lowest BCUT2D eigenvalue weighted by Crippen LogP contribution is -2.37. The lowest BCUT2D eigenvalue weighted by molar-refractivity contribution is 0.00888.